The molecular weight excluding hydrogens is 318 g/mol. The Bertz CT molecular complexity index is 469. The lowest BCUT2D eigenvalue weighted by Gasteiger charge is -2.28. The summed E-state index contributed by atoms with van der Waals surface area (Å²) in [5, 5.41) is 11.9. The summed E-state index contributed by atoms with van der Waals surface area (Å²) in [5.41, 5.74) is 0. The van der Waals surface area contributed by atoms with Crippen LogP contribution in [0.2, 0.25) is 0 Å². The van der Waals surface area contributed by atoms with E-state index in [9.17, 15) is 24.3 Å². The zero-order valence-electron chi connectivity index (χ0n) is 14.2. The minimum absolute atomic E-state index is 0.234. The van der Waals surface area contributed by atoms with Gasteiger partial charge in [0.2, 0.25) is 5.91 Å². The molecule has 0 aromatic rings. The van der Waals surface area contributed by atoms with E-state index in [-0.39, 0.29) is 11.8 Å². The van der Waals surface area contributed by atoms with Crippen LogP contribution in [0.5, 0.6) is 0 Å². The van der Waals surface area contributed by atoms with Gasteiger partial charge in [0, 0.05) is 11.8 Å². The highest BCUT2D eigenvalue weighted by Crippen LogP contribution is 2.25. The molecule has 1 fully saturated rings. The minimum atomic E-state index is -1.42. The zero-order valence-corrected chi connectivity index (χ0v) is 14.2. The van der Waals surface area contributed by atoms with Gasteiger partial charge in [-0.3, -0.25) is 14.4 Å². The Labute approximate surface area is 140 Å². The van der Waals surface area contributed by atoms with Crippen LogP contribution >= 0.6 is 0 Å². The van der Waals surface area contributed by atoms with E-state index < -0.39 is 35.8 Å². The number of rotatable bonds is 7. The number of carbonyl (C=O) groups is 4. The van der Waals surface area contributed by atoms with Crippen LogP contribution in [0.4, 0.5) is 0 Å². The van der Waals surface area contributed by atoms with Gasteiger partial charge in [-0.25, -0.2) is 4.79 Å². The fourth-order valence-corrected chi connectivity index (χ4v) is 3.03. The molecule has 0 heterocycles. The number of carboxylic acid groups (broad SMARTS) is 1. The Morgan fingerprint density at radius 3 is 1.92 bits per heavy atom. The SMILES string of the molecule is COC(=O)C(C(=O)OC)[C@H](C)[C@H](NC(=O)C1CCCCC1)C(=O)O. The van der Waals surface area contributed by atoms with Crippen molar-refractivity contribution in [2.24, 2.45) is 17.8 Å². The average molecular weight is 343 g/mol. The van der Waals surface area contributed by atoms with Crippen molar-refractivity contribution in [1.82, 2.24) is 5.32 Å². The number of methoxy groups -OCH3 is 2. The van der Waals surface area contributed by atoms with Crippen molar-refractivity contribution in [2.45, 2.75) is 45.1 Å². The summed E-state index contributed by atoms with van der Waals surface area (Å²) in [4.78, 5) is 47.6. The van der Waals surface area contributed by atoms with Crippen LogP contribution in [-0.4, -0.2) is 49.2 Å². The van der Waals surface area contributed by atoms with E-state index in [2.05, 4.69) is 14.8 Å². The van der Waals surface area contributed by atoms with Gasteiger partial charge < -0.3 is 19.9 Å². The maximum absolute atomic E-state index is 12.3. The minimum Gasteiger partial charge on any atom is -0.480 e. The molecule has 8 heteroatoms. The number of hydrogen-bond acceptors (Lipinski definition) is 6. The van der Waals surface area contributed by atoms with E-state index >= 15 is 0 Å². The second-order valence-electron chi connectivity index (χ2n) is 6.04. The van der Waals surface area contributed by atoms with Crippen LogP contribution < -0.4 is 5.32 Å². The molecular formula is C16H25NO7. The molecule has 0 aromatic heterocycles. The van der Waals surface area contributed by atoms with Crippen LogP contribution in [0.25, 0.3) is 0 Å². The Hall–Kier alpha value is -2.12. The van der Waals surface area contributed by atoms with Gasteiger partial charge in [-0.05, 0) is 12.8 Å². The summed E-state index contributed by atoms with van der Waals surface area (Å²) >= 11 is 0. The first-order valence-electron chi connectivity index (χ1n) is 8.02. The molecule has 1 aliphatic rings. The summed E-state index contributed by atoms with van der Waals surface area (Å²) in [7, 11) is 2.20. The third-order valence-electron chi connectivity index (χ3n) is 4.50. The highest BCUT2D eigenvalue weighted by atomic mass is 16.5. The largest absolute Gasteiger partial charge is 0.480 e. The van der Waals surface area contributed by atoms with Gasteiger partial charge in [0.15, 0.2) is 5.92 Å². The molecule has 0 spiro atoms. The van der Waals surface area contributed by atoms with Crippen LogP contribution in [0.15, 0.2) is 0 Å². The van der Waals surface area contributed by atoms with Crippen molar-refractivity contribution in [3.8, 4) is 0 Å². The number of carboxylic acids is 1. The number of carbonyl (C=O) groups excluding carboxylic acids is 3. The van der Waals surface area contributed by atoms with Crippen molar-refractivity contribution < 1.29 is 33.8 Å². The standard InChI is InChI=1S/C16H25NO7/c1-9(11(15(21)23-2)16(22)24-3)12(14(19)20)17-13(18)10-7-5-4-6-8-10/h9-12H,4-8H2,1-3H3,(H,17,18)(H,19,20)/t9-,12-/m0/s1. The monoisotopic (exact) mass is 343 g/mol. The summed E-state index contributed by atoms with van der Waals surface area (Å²) in [6.07, 6.45) is 4.35. The van der Waals surface area contributed by atoms with Crippen LogP contribution in [0.3, 0.4) is 0 Å². The fourth-order valence-electron chi connectivity index (χ4n) is 3.03. The molecule has 1 aliphatic carbocycles. The quantitative estimate of drug-likeness (QED) is 0.517. The first kappa shape index (κ1) is 19.9. The van der Waals surface area contributed by atoms with E-state index in [1.54, 1.807) is 0 Å². The molecule has 1 rings (SSSR count). The second-order valence-corrected chi connectivity index (χ2v) is 6.04. The first-order chi connectivity index (χ1) is 11.3. The van der Waals surface area contributed by atoms with Gasteiger partial charge in [0.05, 0.1) is 14.2 Å². The van der Waals surface area contributed by atoms with Gasteiger partial charge in [0.25, 0.3) is 0 Å². The molecule has 0 unspecified atom stereocenters. The normalized spacial score (nSPS) is 17.7. The Balaban J connectivity index is 2.91. The van der Waals surface area contributed by atoms with Gasteiger partial charge in [-0.2, -0.15) is 0 Å². The summed E-state index contributed by atoms with van der Waals surface area (Å²) in [6.45, 7) is 1.40. The molecule has 24 heavy (non-hydrogen) atoms. The topological polar surface area (TPSA) is 119 Å². The smallest absolute Gasteiger partial charge is 0.326 e. The number of hydrogen-bond donors (Lipinski definition) is 2. The molecule has 2 N–H and O–H groups in total. The molecule has 0 aromatic carbocycles. The Kier molecular flexibility index (Phi) is 7.67. The maximum Gasteiger partial charge on any atom is 0.326 e. The van der Waals surface area contributed by atoms with Gasteiger partial charge in [-0.15, -0.1) is 0 Å². The lowest BCUT2D eigenvalue weighted by Crippen LogP contribution is -2.52. The first-order valence-corrected chi connectivity index (χ1v) is 8.02. The van der Waals surface area contributed by atoms with Crippen molar-refractivity contribution in [1.29, 1.82) is 0 Å². The number of nitrogens with one attached hydrogen (secondary N) is 1. The number of esters is 2. The Morgan fingerprint density at radius 1 is 1.00 bits per heavy atom. The number of amides is 1. The molecule has 136 valence electrons. The average Bonchev–Trinajstić information content (AvgIpc) is 2.59. The van der Waals surface area contributed by atoms with E-state index in [1.807, 2.05) is 0 Å². The van der Waals surface area contributed by atoms with Crippen molar-refractivity contribution in [2.75, 3.05) is 14.2 Å². The summed E-state index contributed by atoms with van der Waals surface area (Å²) < 4.78 is 9.12. The van der Waals surface area contributed by atoms with E-state index in [0.717, 1.165) is 33.5 Å². The van der Waals surface area contributed by atoms with Crippen molar-refractivity contribution >= 4 is 23.8 Å². The van der Waals surface area contributed by atoms with Crippen molar-refractivity contribution in [3.63, 3.8) is 0 Å². The summed E-state index contributed by atoms with van der Waals surface area (Å²) in [5.74, 6) is -6.14. The molecule has 0 aliphatic heterocycles. The Morgan fingerprint density at radius 2 is 1.50 bits per heavy atom. The molecule has 2 atom stereocenters. The summed E-state index contributed by atoms with van der Waals surface area (Å²) in [6, 6.07) is -1.39. The molecule has 1 saturated carbocycles. The third kappa shape index (κ3) is 4.94. The maximum atomic E-state index is 12.3. The van der Waals surface area contributed by atoms with Crippen LogP contribution in [0, 0.1) is 17.8 Å². The van der Waals surface area contributed by atoms with Gasteiger partial charge in [-0.1, -0.05) is 26.2 Å². The van der Waals surface area contributed by atoms with E-state index in [1.165, 1.54) is 6.92 Å². The van der Waals surface area contributed by atoms with E-state index in [4.69, 9.17) is 0 Å². The predicted molar refractivity (Wildman–Crippen MR) is 82.8 cm³/mol. The molecule has 0 saturated heterocycles. The van der Waals surface area contributed by atoms with E-state index in [0.29, 0.717) is 12.8 Å². The van der Waals surface area contributed by atoms with Crippen LogP contribution in [0.1, 0.15) is 39.0 Å². The molecule has 1 amide bonds. The van der Waals surface area contributed by atoms with Crippen molar-refractivity contribution in [3.05, 3.63) is 0 Å². The highest BCUT2D eigenvalue weighted by Gasteiger charge is 2.42. The molecule has 0 bridgehead atoms. The number of aliphatic carboxylic acids is 1. The van der Waals surface area contributed by atoms with Gasteiger partial charge in [0.1, 0.15) is 6.04 Å². The van der Waals surface area contributed by atoms with Gasteiger partial charge >= 0.3 is 17.9 Å². The predicted octanol–water partition coefficient (Wildman–Crippen LogP) is 0.734. The lowest BCUT2D eigenvalue weighted by molar-refractivity contribution is -0.163. The lowest BCUT2D eigenvalue weighted by atomic mass is 9.85. The molecule has 8 nitrogen and oxygen atoms in total. The fraction of sp³-hybridized carbons (Fsp3) is 0.750. The zero-order chi connectivity index (χ0) is 18.3. The third-order valence-corrected chi connectivity index (χ3v) is 4.50. The molecule has 0 radical (unpaired) electrons. The number of ether oxygens (including phenoxy) is 2. The second kappa shape index (κ2) is 9.24. The van der Waals surface area contributed by atoms with Crippen LogP contribution in [-0.2, 0) is 28.7 Å². The highest BCUT2D eigenvalue weighted by molar-refractivity contribution is 5.96.